The molecule has 6 heteroatoms. The quantitative estimate of drug-likeness (QED) is 0.583. The molecule has 0 radical (unpaired) electrons. The van der Waals surface area contributed by atoms with Gasteiger partial charge in [-0.05, 0) is 37.1 Å². The Morgan fingerprint density at radius 1 is 1.11 bits per heavy atom. The van der Waals surface area contributed by atoms with Crippen LogP contribution in [0.15, 0.2) is 42.7 Å². The van der Waals surface area contributed by atoms with Gasteiger partial charge in [0.2, 0.25) is 0 Å². The minimum absolute atomic E-state index is 0.713. The molecule has 1 aliphatic heterocycles. The van der Waals surface area contributed by atoms with Gasteiger partial charge >= 0.3 is 0 Å². The summed E-state index contributed by atoms with van der Waals surface area (Å²) >= 11 is 0. The lowest BCUT2D eigenvalue weighted by Gasteiger charge is -2.16. The SMILES string of the molecule is CCCNc1ccccc1CNc1ncnc2cc3c(cc12)NCN3CC. The summed E-state index contributed by atoms with van der Waals surface area (Å²) in [5.74, 6) is 0.866. The highest BCUT2D eigenvalue weighted by Gasteiger charge is 2.19. The molecule has 4 rings (SSSR count). The topological polar surface area (TPSA) is 65.1 Å². The molecule has 1 aromatic heterocycles. The first-order chi connectivity index (χ1) is 13.3. The van der Waals surface area contributed by atoms with Crippen molar-refractivity contribution in [2.24, 2.45) is 0 Å². The van der Waals surface area contributed by atoms with Crippen LogP contribution in [0, 0.1) is 0 Å². The number of nitrogens with one attached hydrogen (secondary N) is 3. The zero-order chi connectivity index (χ0) is 18.6. The Balaban J connectivity index is 1.60. The molecule has 140 valence electrons. The fourth-order valence-corrected chi connectivity index (χ4v) is 3.47. The van der Waals surface area contributed by atoms with Crippen molar-refractivity contribution in [3.8, 4) is 0 Å². The van der Waals surface area contributed by atoms with Crippen molar-refractivity contribution in [1.82, 2.24) is 9.97 Å². The maximum atomic E-state index is 4.49. The first-order valence-corrected chi connectivity index (χ1v) is 9.63. The van der Waals surface area contributed by atoms with Gasteiger partial charge in [0.05, 0.1) is 23.6 Å². The van der Waals surface area contributed by atoms with Crippen molar-refractivity contribution in [2.75, 3.05) is 40.6 Å². The van der Waals surface area contributed by atoms with E-state index in [4.69, 9.17) is 0 Å². The molecule has 0 bridgehead atoms. The van der Waals surface area contributed by atoms with Gasteiger partial charge in [-0.15, -0.1) is 0 Å². The zero-order valence-electron chi connectivity index (χ0n) is 15.9. The lowest BCUT2D eigenvalue weighted by molar-refractivity contribution is 0.911. The van der Waals surface area contributed by atoms with Gasteiger partial charge in [0.25, 0.3) is 0 Å². The average Bonchev–Trinajstić information content (AvgIpc) is 3.11. The van der Waals surface area contributed by atoms with E-state index >= 15 is 0 Å². The number of aromatic nitrogens is 2. The van der Waals surface area contributed by atoms with Gasteiger partial charge in [0, 0.05) is 30.7 Å². The number of anilines is 4. The Morgan fingerprint density at radius 3 is 2.85 bits per heavy atom. The van der Waals surface area contributed by atoms with E-state index in [0.717, 1.165) is 48.6 Å². The molecule has 2 heterocycles. The van der Waals surface area contributed by atoms with Crippen LogP contribution in [0.1, 0.15) is 25.8 Å². The fourth-order valence-electron chi connectivity index (χ4n) is 3.47. The number of hydrogen-bond acceptors (Lipinski definition) is 6. The molecule has 0 spiro atoms. The van der Waals surface area contributed by atoms with Crippen molar-refractivity contribution in [3.63, 3.8) is 0 Å². The smallest absolute Gasteiger partial charge is 0.137 e. The molecular weight excluding hydrogens is 336 g/mol. The fraction of sp³-hybridized carbons (Fsp3) is 0.333. The highest BCUT2D eigenvalue weighted by atomic mass is 15.3. The second kappa shape index (κ2) is 7.70. The van der Waals surface area contributed by atoms with Crippen LogP contribution in [-0.2, 0) is 6.54 Å². The molecule has 0 unspecified atom stereocenters. The van der Waals surface area contributed by atoms with Crippen LogP contribution < -0.4 is 20.9 Å². The summed E-state index contributed by atoms with van der Waals surface area (Å²) in [5, 5.41) is 11.5. The Morgan fingerprint density at radius 2 is 2.00 bits per heavy atom. The van der Waals surface area contributed by atoms with Gasteiger partial charge in [0.1, 0.15) is 12.1 Å². The molecule has 27 heavy (non-hydrogen) atoms. The minimum atomic E-state index is 0.713. The van der Waals surface area contributed by atoms with E-state index in [2.05, 4.69) is 81.1 Å². The van der Waals surface area contributed by atoms with E-state index in [1.165, 1.54) is 16.9 Å². The molecule has 0 amide bonds. The first kappa shape index (κ1) is 17.4. The minimum Gasteiger partial charge on any atom is -0.385 e. The lowest BCUT2D eigenvalue weighted by atomic mass is 10.1. The van der Waals surface area contributed by atoms with Crippen LogP contribution in [0.5, 0.6) is 0 Å². The van der Waals surface area contributed by atoms with Gasteiger partial charge in [-0.1, -0.05) is 25.1 Å². The van der Waals surface area contributed by atoms with Crippen LogP contribution in [0.4, 0.5) is 22.9 Å². The third-order valence-electron chi connectivity index (χ3n) is 4.96. The summed E-state index contributed by atoms with van der Waals surface area (Å²) in [6, 6.07) is 12.7. The van der Waals surface area contributed by atoms with E-state index in [1.807, 2.05) is 0 Å². The normalized spacial score (nSPS) is 12.7. The van der Waals surface area contributed by atoms with Crippen LogP contribution in [0.25, 0.3) is 10.9 Å². The Kier molecular flexibility index (Phi) is 4.96. The second-order valence-electron chi connectivity index (χ2n) is 6.74. The van der Waals surface area contributed by atoms with Gasteiger partial charge in [-0.2, -0.15) is 0 Å². The Labute approximate surface area is 160 Å². The van der Waals surface area contributed by atoms with Crippen molar-refractivity contribution in [2.45, 2.75) is 26.8 Å². The molecule has 2 aromatic carbocycles. The number of rotatable bonds is 7. The summed E-state index contributed by atoms with van der Waals surface area (Å²) < 4.78 is 0. The van der Waals surface area contributed by atoms with Crippen molar-refractivity contribution < 1.29 is 0 Å². The average molecular weight is 362 g/mol. The number of para-hydroxylation sites is 1. The molecular formula is C21H26N6. The molecule has 0 atom stereocenters. The van der Waals surface area contributed by atoms with Crippen molar-refractivity contribution in [1.29, 1.82) is 0 Å². The summed E-state index contributed by atoms with van der Waals surface area (Å²) in [7, 11) is 0. The van der Waals surface area contributed by atoms with Crippen LogP contribution >= 0.6 is 0 Å². The number of nitrogens with zero attached hydrogens (tertiary/aromatic N) is 3. The van der Waals surface area contributed by atoms with Crippen LogP contribution in [-0.4, -0.2) is 29.7 Å². The van der Waals surface area contributed by atoms with Gasteiger partial charge in [-0.3, -0.25) is 0 Å². The summed E-state index contributed by atoms with van der Waals surface area (Å²) in [5.41, 5.74) is 5.72. The van der Waals surface area contributed by atoms with Crippen molar-refractivity contribution >= 4 is 33.8 Å². The molecule has 0 saturated heterocycles. The van der Waals surface area contributed by atoms with E-state index < -0.39 is 0 Å². The molecule has 6 nitrogen and oxygen atoms in total. The molecule has 0 aliphatic carbocycles. The van der Waals surface area contributed by atoms with Gasteiger partial charge in [0.15, 0.2) is 0 Å². The van der Waals surface area contributed by atoms with Gasteiger partial charge in [-0.25, -0.2) is 9.97 Å². The predicted molar refractivity (Wildman–Crippen MR) is 114 cm³/mol. The maximum Gasteiger partial charge on any atom is 0.137 e. The number of benzene rings is 2. The predicted octanol–water partition coefficient (Wildman–Crippen LogP) is 4.27. The number of fused-ring (bicyclic) bond motifs is 2. The molecule has 0 saturated carbocycles. The second-order valence-corrected chi connectivity index (χ2v) is 6.74. The van der Waals surface area contributed by atoms with E-state index in [0.29, 0.717) is 6.54 Å². The Hall–Kier alpha value is -3.02. The van der Waals surface area contributed by atoms with Crippen LogP contribution in [0.2, 0.25) is 0 Å². The monoisotopic (exact) mass is 362 g/mol. The Bertz CT molecular complexity index is 939. The van der Waals surface area contributed by atoms with E-state index in [9.17, 15) is 0 Å². The summed E-state index contributed by atoms with van der Waals surface area (Å²) in [6.45, 7) is 7.84. The number of hydrogen-bond donors (Lipinski definition) is 3. The lowest BCUT2D eigenvalue weighted by Crippen LogP contribution is -2.21. The molecule has 0 fully saturated rings. The van der Waals surface area contributed by atoms with Crippen molar-refractivity contribution in [3.05, 3.63) is 48.3 Å². The first-order valence-electron chi connectivity index (χ1n) is 9.63. The van der Waals surface area contributed by atoms with E-state index in [1.54, 1.807) is 6.33 Å². The third-order valence-corrected chi connectivity index (χ3v) is 4.96. The largest absolute Gasteiger partial charge is 0.385 e. The van der Waals surface area contributed by atoms with Gasteiger partial charge < -0.3 is 20.9 Å². The standard InChI is InChI=1S/C21H26N6/c1-3-9-22-17-8-6-5-7-15(17)12-23-21-16-10-19-20(27(4-2)14-26-19)11-18(16)24-13-25-21/h5-8,10-11,13,22,26H,3-4,9,12,14H2,1-2H3,(H,23,24,25). The molecule has 1 aliphatic rings. The maximum absolute atomic E-state index is 4.49. The zero-order valence-corrected chi connectivity index (χ0v) is 15.9. The van der Waals surface area contributed by atoms with E-state index in [-0.39, 0.29) is 0 Å². The highest BCUT2D eigenvalue weighted by molar-refractivity contribution is 5.97. The summed E-state index contributed by atoms with van der Waals surface area (Å²) in [4.78, 5) is 11.3. The molecule has 3 aromatic rings. The van der Waals surface area contributed by atoms with Crippen LogP contribution in [0.3, 0.4) is 0 Å². The highest BCUT2D eigenvalue weighted by Crippen LogP contribution is 2.36. The third kappa shape index (κ3) is 3.47. The summed E-state index contributed by atoms with van der Waals surface area (Å²) in [6.07, 6.45) is 2.74. The molecule has 3 N–H and O–H groups in total.